The fraction of sp³-hybridized carbons (Fsp3) is 0.429. The predicted molar refractivity (Wildman–Crippen MR) is 84.5 cm³/mol. The Balaban J connectivity index is 1.67. The second-order valence-electron chi connectivity index (χ2n) is 5.52. The van der Waals surface area contributed by atoms with Gasteiger partial charge in [0.2, 0.25) is 15.9 Å². The molecule has 1 saturated heterocycles. The summed E-state index contributed by atoms with van der Waals surface area (Å²) in [6.45, 7) is 1.20. The highest BCUT2D eigenvalue weighted by Crippen LogP contribution is 2.15. The zero-order valence-electron chi connectivity index (χ0n) is 12.5. The van der Waals surface area contributed by atoms with Gasteiger partial charge in [0, 0.05) is 26.1 Å². The summed E-state index contributed by atoms with van der Waals surface area (Å²) in [6, 6.07) is 4.37. The fourth-order valence-corrected chi connectivity index (χ4v) is 3.72. The van der Waals surface area contributed by atoms with Gasteiger partial charge in [-0.2, -0.15) is 0 Å². The summed E-state index contributed by atoms with van der Waals surface area (Å²) in [4.78, 5) is 29.7. The number of aromatic nitrogens is 2. The molecule has 3 rings (SSSR count). The average Bonchev–Trinajstić information content (AvgIpc) is 2.88. The maximum atomic E-state index is 12.3. The number of carbonyl (C=O) groups excluding carboxylic acids is 1. The van der Waals surface area contributed by atoms with Crippen molar-refractivity contribution in [2.24, 2.45) is 0 Å². The van der Waals surface area contributed by atoms with E-state index in [0.29, 0.717) is 30.5 Å². The molecule has 0 aliphatic carbocycles. The van der Waals surface area contributed by atoms with Crippen molar-refractivity contribution >= 4 is 27.0 Å². The van der Waals surface area contributed by atoms with Crippen LogP contribution in [0.15, 0.2) is 27.9 Å². The Labute approximate surface area is 132 Å². The fourth-order valence-electron chi connectivity index (χ4n) is 2.68. The number of nitrogens with zero attached hydrogens (tertiary/aromatic N) is 1. The molecular formula is C14H18N4O4S. The number of imidazole rings is 1. The molecule has 0 bridgehead atoms. The number of piperidine rings is 1. The van der Waals surface area contributed by atoms with Crippen molar-refractivity contribution in [3.63, 3.8) is 0 Å². The summed E-state index contributed by atoms with van der Waals surface area (Å²) in [7, 11) is -3.68. The van der Waals surface area contributed by atoms with Crippen LogP contribution in [0.2, 0.25) is 0 Å². The normalized spacial score (nSPS) is 16.2. The Morgan fingerprint density at radius 2 is 1.91 bits per heavy atom. The Hall–Kier alpha value is -2.13. The van der Waals surface area contributed by atoms with Crippen LogP contribution >= 0.6 is 0 Å². The van der Waals surface area contributed by atoms with E-state index in [9.17, 15) is 18.0 Å². The number of aromatic amines is 2. The summed E-state index contributed by atoms with van der Waals surface area (Å²) in [5, 5.41) is 0. The number of H-pyrrole nitrogens is 2. The number of sulfonamides is 1. The molecule has 0 saturated carbocycles. The summed E-state index contributed by atoms with van der Waals surface area (Å²) < 4.78 is 27.1. The number of fused-ring (bicyclic) bond motifs is 1. The SMILES string of the molecule is O=C1CCCCN1CCNS(=O)(=O)c1ccc2[nH]c(=O)[nH]c2c1. The third kappa shape index (κ3) is 3.45. The highest BCUT2D eigenvalue weighted by Gasteiger charge is 2.19. The minimum absolute atomic E-state index is 0.0711. The first-order valence-electron chi connectivity index (χ1n) is 7.45. The standard InChI is InChI=1S/C14H18N4O4S/c19-13-3-1-2-7-18(13)8-6-15-23(21,22)10-4-5-11-12(9-10)17-14(20)16-11/h4-5,9,15H,1-3,6-8H2,(H2,16,17,20). The van der Waals surface area contributed by atoms with Gasteiger partial charge in [-0.3, -0.25) is 4.79 Å². The molecule has 23 heavy (non-hydrogen) atoms. The molecule has 124 valence electrons. The van der Waals surface area contributed by atoms with E-state index in [1.165, 1.54) is 18.2 Å². The molecule has 0 unspecified atom stereocenters. The van der Waals surface area contributed by atoms with Crippen molar-refractivity contribution in [1.29, 1.82) is 0 Å². The van der Waals surface area contributed by atoms with Crippen LogP contribution < -0.4 is 10.4 Å². The quantitative estimate of drug-likeness (QED) is 0.719. The van der Waals surface area contributed by atoms with Gasteiger partial charge in [0.05, 0.1) is 15.9 Å². The molecule has 2 aromatic rings. The smallest absolute Gasteiger partial charge is 0.323 e. The summed E-state index contributed by atoms with van der Waals surface area (Å²) in [5.41, 5.74) is 0.600. The van der Waals surface area contributed by atoms with Crippen LogP contribution in [0, 0.1) is 0 Å². The number of hydrogen-bond acceptors (Lipinski definition) is 4. The number of nitrogens with one attached hydrogen (secondary N) is 3. The molecule has 1 amide bonds. The number of likely N-dealkylation sites (tertiary alicyclic amines) is 1. The molecule has 0 spiro atoms. The number of benzene rings is 1. The van der Waals surface area contributed by atoms with Gasteiger partial charge < -0.3 is 14.9 Å². The molecule has 1 aliphatic rings. The zero-order chi connectivity index (χ0) is 16.4. The van der Waals surface area contributed by atoms with Crippen LogP contribution in [0.1, 0.15) is 19.3 Å². The largest absolute Gasteiger partial charge is 0.341 e. The van der Waals surface area contributed by atoms with E-state index < -0.39 is 10.0 Å². The monoisotopic (exact) mass is 338 g/mol. The lowest BCUT2D eigenvalue weighted by molar-refractivity contribution is -0.133. The Morgan fingerprint density at radius 1 is 1.13 bits per heavy atom. The van der Waals surface area contributed by atoms with Crippen molar-refractivity contribution < 1.29 is 13.2 Å². The number of amides is 1. The van der Waals surface area contributed by atoms with Crippen LogP contribution in [-0.4, -0.2) is 48.8 Å². The van der Waals surface area contributed by atoms with Gasteiger partial charge >= 0.3 is 5.69 Å². The van der Waals surface area contributed by atoms with Crippen molar-refractivity contribution in [2.45, 2.75) is 24.2 Å². The third-order valence-corrected chi connectivity index (χ3v) is 5.35. The molecule has 0 atom stereocenters. The molecule has 2 heterocycles. The van der Waals surface area contributed by atoms with E-state index in [1.54, 1.807) is 4.90 Å². The minimum atomic E-state index is -3.68. The topological polar surface area (TPSA) is 115 Å². The second kappa shape index (κ2) is 6.17. The molecule has 0 radical (unpaired) electrons. The molecule has 1 aliphatic heterocycles. The number of rotatable bonds is 5. The summed E-state index contributed by atoms with van der Waals surface area (Å²) >= 11 is 0. The van der Waals surface area contributed by atoms with Gasteiger partial charge in [-0.25, -0.2) is 17.9 Å². The van der Waals surface area contributed by atoms with Gasteiger partial charge in [0.25, 0.3) is 0 Å². The van der Waals surface area contributed by atoms with Gasteiger partial charge in [-0.1, -0.05) is 0 Å². The number of hydrogen-bond donors (Lipinski definition) is 3. The molecule has 1 fully saturated rings. The van der Waals surface area contributed by atoms with Gasteiger partial charge in [-0.05, 0) is 31.0 Å². The molecule has 3 N–H and O–H groups in total. The molecule has 9 heteroatoms. The van der Waals surface area contributed by atoms with E-state index >= 15 is 0 Å². The van der Waals surface area contributed by atoms with Crippen LogP contribution in [0.3, 0.4) is 0 Å². The Kier molecular flexibility index (Phi) is 4.22. The van der Waals surface area contributed by atoms with E-state index in [1.807, 2.05) is 0 Å². The zero-order valence-corrected chi connectivity index (χ0v) is 13.3. The van der Waals surface area contributed by atoms with E-state index in [2.05, 4.69) is 14.7 Å². The minimum Gasteiger partial charge on any atom is -0.341 e. The first-order chi connectivity index (χ1) is 11.0. The Bertz CT molecular complexity index is 884. The van der Waals surface area contributed by atoms with Crippen molar-refractivity contribution in [3.8, 4) is 0 Å². The van der Waals surface area contributed by atoms with Crippen LogP contribution in [0.5, 0.6) is 0 Å². The van der Waals surface area contributed by atoms with E-state index in [-0.39, 0.29) is 23.0 Å². The van der Waals surface area contributed by atoms with Gasteiger partial charge in [-0.15, -0.1) is 0 Å². The average molecular weight is 338 g/mol. The summed E-state index contributed by atoms with van der Waals surface area (Å²) in [5.74, 6) is 0.0711. The lowest BCUT2D eigenvalue weighted by Crippen LogP contribution is -2.41. The second-order valence-corrected chi connectivity index (χ2v) is 7.29. The van der Waals surface area contributed by atoms with Crippen molar-refractivity contribution in [3.05, 3.63) is 28.7 Å². The first kappa shape index (κ1) is 15.8. The highest BCUT2D eigenvalue weighted by molar-refractivity contribution is 7.89. The van der Waals surface area contributed by atoms with E-state index in [4.69, 9.17) is 0 Å². The molecule has 8 nitrogen and oxygen atoms in total. The highest BCUT2D eigenvalue weighted by atomic mass is 32.2. The van der Waals surface area contributed by atoms with Gasteiger partial charge in [0.1, 0.15) is 0 Å². The number of carbonyl (C=O) groups is 1. The van der Waals surface area contributed by atoms with Crippen molar-refractivity contribution in [1.82, 2.24) is 19.6 Å². The molecule has 1 aromatic heterocycles. The van der Waals surface area contributed by atoms with Gasteiger partial charge in [0.15, 0.2) is 0 Å². The predicted octanol–water partition coefficient (Wildman–Crippen LogP) is 0.147. The lowest BCUT2D eigenvalue weighted by atomic mass is 10.1. The van der Waals surface area contributed by atoms with Crippen LogP contribution in [0.4, 0.5) is 0 Å². The molecular weight excluding hydrogens is 320 g/mol. The summed E-state index contributed by atoms with van der Waals surface area (Å²) in [6.07, 6.45) is 2.39. The van der Waals surface area contributed by atoms with E-state index in [0.717, 1.165) is 12.8 Å². The van der Waals surface area contributed by atoms with Crippen molar-refractivity contribution in [2.75, 3.05) is 19.6 Å². The van der Waals surface area contributed by atoms with Crippen LogP contribution in [0.25, 0.3) is 11.0 Å². The maximum absolute atomic E-state index is 12.3. The molecule has 1 aromatic carbocycles. The lowest BCUT2D eigenvalue weighted by Gasteiger charge is -2.26. The Morgan fingerprint density at radius 3 is 2.70 bits per heavy atom. The maximum Gasteiger partial charge on any atom is 0.323 e. The first-order valence-corrected chi connectivity index (χ1v) is 8.93. The van der Waals surface area contributed by atoms with Crippen LogP contribution in [-0.2, 0) is 14.8 Å². The third-order valence-electron chi connectivity index (χ3n) is 3.89.